The Morgan fingerprint density at radius 3 is 2.41 bits per heavy atom. The lowest BCUT2D eigenvalue weighted by atomic mass is 9.92. The Hall–Kier alpha value is -3.20. The normalized spacial score (nSPS) is 13.3. The zero-order chi connectivity index (χ0) is 24.3. The maximum Gasteiger partial charge on any atom is 0.137 e. The molecule has 0 aliphatic rings. The van der Waals surface area contributed by atoms with Crippen molar-refractivity contribution in [3.05, 3.63) is 107 Å². The van der Waals surface area contributed by atoms with Crippen LogP contribution in [0.2, 0.25) is 5.02 Å². The predicted octanol–water partition coefficient (Wildman–Crippen LogP) is 5.04. The van der Waals surface area contributed by atoms with Crippen molar-refractivity contribution in [3.8, 4) is 11.1 Å². The number of aromatic nitrogens is 3. The minimum atomic E-state index is -1.70. The Morgan fingerprint density at radius 2 is 1.76 bits per heavy atom. The molecule has 0 saturated carbocycles. The second-order valence-corrected chi connectivity index (χ2v) is 8.68. The summed E-state index contributed by atoms with van der Waals surface area (Å²) >= 11 is 5.83. The Kier molecular flexibility index (Phi) is 7.02. The molecule has 5 nitrogen and oxygen atoms in total. The Bertz CT molecular complexity index is 1270. The molecule has 4 rings (SSSR count). The largest absolute Gasteiger partial charge is 0.382 e. The van der Waals surface area contributed by atoms with Gasteiger partial charge in [-0.3, -0.25) is 4.90 Å². The van der Waals surface area contributed by atoms with Crippen LogP contribution in [-0.4, -0.2) is 38.4 Å². The maximum atomic E-state index is 14.6. The molecule has 176 valence electrons. The van der Waals surface area contributed by atoms with Crippen molar-refractivity contribution in [2.24, 2.45) is 0 Å². The van der Waals surface area contributed by atoms with Gasteiger partial charge in [0.2, 0.25) is 0 Å². The number of rotatable bonds is 8. The fourth-order valence-corrected chi connectivity index (χ4v) is 4.16. The van der Waals surface area contributed by atoms with Crippen molar-refractivity contribution in [1.29, 1.82) is 0 Å². The fourth-order valence-electron chi connectivity index (χ4n) is 4.00. The first-order chi connectivity index (χ1) is 16.2. The molecule has 4 aromatic rings. The summed E-state index contributed by atoms with van der Waals surface area (Å²) in [5.74, 6) is -1.97. The number of benzene rings is 3. The zero-order valence-corrected chi connectivity index (χ0v) is 19.1. The number of nitrogens with zero attached hydrogens (tertiary/aromatic N) is 4. The highest BCUT2D eigenvalue weighted by atomic mass is 35.5. The van der Waals surface area contributed by atoms with E-state index >= 15 is 0 Å². The van der Waals surface area contributed by atoms with E-state index in [1.807, 2.05) is 17.0 Å². The highest BCUT2D eigenvalue weighted by Gasteiger charge is 2.34. The first-order valence-corrected chi connectivity index (χ1v) is 10.8. The van der Waals surface area contributed by atoms with E-state index in [1.165, 1.54) is 29.5 Å². The third kappa shape index (κ3) is 5.47. The van der Waals surface area contributed by atoms with Crippen molar-refractivity contribution >= 4 is 11.6 Å². The SMILES string of the molecule is CN(Cc1ccc(-c2ccc(Cl)cc2F)cc1)CC(O)(Cn1cncn1)c1ccc(F)cc1F. The molecule has 1 N–H and O–H groups in total. The molecule has 3 aromatic carbocycles. The van der Waals surface area contributed by atoms with E-state index in [0.717, 1.165) is 17.7 Å². The average molecular weight is 487 g/mol. The lowest BCUT2D eigenvalue weighted by molar-refractivity contribution is -0.0175. The summed E-state index contributed by atoms with van der Waals surface area (Å²) in [6.45, 7) is 0.378. The quantitative estimate of drug-likeness (QED) is 0.379. The van der Waals surface area contributed by atoms with Crippen molar-refractivity contribution in [3.63, 3.8) is 0 Å². The summed E-state index contributed by atoms with van der Waals surface area (Å²) in [6, 6.07) is 14.9. The van der Waals surface area contributed by atoms with Crippen LogP contribution in [0.3, 0.4) is 0 Å². The summed E-state index contributed by atoms with van der Waals surface area (Å²) < 4.78 is 43.7. The monoisotopic (exact) mass is 486 g/mol. The van der Waals surface area contributed by atoms with Crippen LogP contribution in [0.1, 0.15) is 11.1 Å². The van der Waals surface area contributed by atoms with Gasteiger partial charge in [0.05, 0.1) is 6.54 Å². The molecular formula is C25H22ClF3N4O. The van der Waals surface area contributed by atoms with Crippen LogP contribution >= 0.6 is 11.6 Å². The van der Waals surface area contributed by atoms with Gasteiger partial charge in [0, 0.05) is 35.3 Å². The molecule has 1 heterocycles. The van der Waals surface area contributed by atoms with Crippen molar-refractivity contribution < 1.29 is 18.3 Å². The molecule has 0 bridgehead atoms. The number of hydrogen-bond acceptors (Lipinski definition) is 4. The van der Waals surface area contributed by atoms with Gasteiger partial charge < -0.3 is 5.11 Å². The molecule has 0 amide bonds. The van der Waals surface area contributed by atoms with Gasteiger partial charge in [0.1, 0.15) is 35.7 Å². The van der Waals surface area contributed by atoms with Gasteiger partial charge in [0.25, 0.3) is 0 Å². The number of halogens is 4. The Balaban J connectivity index is 1.53. The molecule has 0 aliphatic carbocycles. The maximum absolute atomic E-state index is 14.6. The first-order valence-electron chi connectivity index (χ1n) is 10.5. The van der Waals surface area contributed by atoms with Gasteiger partial charge in [-0.25, -0.2) is 22.8 Å². The number of aliphatic hydroxyl groups is 1. The molecule has 34 heavy (non-hydrogen) atoms. The second-order valence-electron chi connectivity index (χ2n) is 8.24. The molecule has 0 fully saturated rings. The molecule has 1 unspecified atom stereocenters. The van der Waals surface area contributed by atoms with Crippen LogP contribution < -0.4 is 0 Å². The van der Waals surface area contributed by atoms with Crippen LogP contribution in [0.15, 0.2) is 73.3 Å². The van der Waals surface area contributed by atoms with E-state index < -0.39 is 23.1 Å². The lowest BCUT2D eigenvalue weighted by Gasteiger charge is -2.33. The molecular weight excluding hydrogens is 465 g/mol. The molecule has 0 saturated heterocycles. The molecule has 0 aliphatic heterocycles. The highest BCUT2D eigenvalue weighted by molar-refractivity contribution is 6.30. The number of likely N-dealkylation sites (N-methyl/N-ethyl adjacent to an activating group) is 1. The van der Waals surface area contributed by atoms with Crippen LogP contribution in [0, 0.1) is 17.5 Å². The number of hydrogen-bond donors (Lipinski definition) is 1. The summed E-state index contributed by atoms with van der Waals surface area (Å²) in [6.07, 6.45) is 2.73. The van der Waals surface area contributed by atoms with Gasteiger partial charge in [-0.05, 0) is 42.4 Å². The fraction of sp³-hybridized carbons (Fsp3) is 0.200. The lowest BCUT2D eigenvalue weighted by Crippen LogP contribution is -2.43. The minimum absolute atomic E-state index is 0.0307. The topological polar surface area (TPSA) is 54.2 Å². The Morgan fingerprint density at radius 1 is 1.00 bits per heavy atom. The molecule has 0 spiro atoms. The third-order valence-electron chi connectivity index (χ3n) is 5.50. The molecule has 1 aromatic heterocycles. The van der Waals surface area contributed by atoms with Crippen LogP contribution in [0.4, 0.5) is 13.2 Å². The third-order valence-corrected chi connectivity index (χ3v) is 5.74. The highest BCUT2D eigenvalue weighted by Crippen LogP contribution is 2.29. The van der Waals surface area contributed by atoms with E-state index in [-0.39, 0.29) is 18.7 Å². The summed E-state index contributed by atoms with van der Waals surface area (Å²) in [7, 11) is 1.78. The van der Waals surface area contributed by atoms with Crippen LogP contribution in [0.25, 0.3) is 11.1 Å². The van der Waals surface area contributed by atoms with Crippen LogP contribution in [0.5, 0.6) is 0 Å². The van der Waals surface area contributed by atoms with Gasteiger partial charge in [-0.15, -0.1) is 0 Å². The standard InChI is InChI=1S/C25H22ClF3N4O/c1-32(12-17-2-4-18(5-3-17)21-8-6-19(26)10-23(21)28)13-25(34,14-33-16-30-15-31-33)22-9-7-20(27)11-24(22)29/h2-11,15-16,34H,12-14H2,1H3. The van der Waals surface area contributed by atoms with Crippen LogP contribution in [-0.2, 0) is 18.7 Å². The van der Waals surface area contributed by atoms with E-state index in [4.69, 9.17) is 11.6 Å². The minimum Gasteiger partial charge on any atom is -0.382 e. The molecule has 1 atom stereocenters. The van der Waals surface area contributed by atoms with E-state index in [0.29, 0.717) is 22.7 Å². The van der Waals surface area contributed by atoms with Gasteiger partial charge in [-0.2, -0.15) is 5.10 Å². The summed E-state index contributed by atoms with van der Waals surface area (Å²) in [4.78, 5) is 5.68. The van der Waals surface area contributed by atoms with E-state index in [1.54, 1.807) is 31.3 Å². The summed E-state index contributed by atoms with van der Waals surface area (Å²) in [5.41, 5.74) is 0.315. The van der Waals surface area contributed by atoms with Gasteiger partial charge in [-0.1, -0.05) is 41.9 Å². The Labute approximate surface area is 200 Å². The summed E-state index contributed by atoms with van der Waals surface area (Å²) in [5, 5.41) is 15.8. The molecule has 0 radical (unpaired) electrons. The zero-order valence-electron chi connectivity index (χ0n) is 18.3. The van der Waals surface area contributed by atoms with Gasteiger partial charge >= 0.3 is 0 Å². The van der Waals surface area contributed by atoms with E-state index in [2.05, 4.69) is 10.1 Å². The molecule has 9 heteroatoms. The second kappa shape index (κ2) is 9.97. The van der Waals surface area contributed by atoms with E-state index in [9.17, 15) is 18.3 Å². The van der Waals surface area contributed by atoms with Gasteiger partial charge in [0.15, 0.2) is 0 Å². The van der Waals surface area contributed by atoms with Crippen molar-refractivity contribution in [2.75, 3.05) is 13.6 Å². The first kappa shape index (κ1) is 23.9. The average Bonchev–Trinajstić information content (AvgIpc) is 3.27. The van der Waals surface area contributed by atoms with Crippen molar-refractivity contribution in [2.45, 2.75) is 18.7 Å². The predicted molar refractivity (Wildman–Crippen MR) is 123 cm³/mol. The van der Waals surface area contributed by atoms with Crippen molar-refractivity contribution in [1.82, 2.24) is 19.7 Å². The smallest absolute Gasteiger partial charge is 0.137 e.